The number of carbonyl (C=O) groups excluding carboxylic acids is 3. The molecular weight excluding hydrogens is 358 g/mol. The van der Waals surface area contributed by atoms with Crippen LogP contribution in [0.5, 0.6) is 0 Å². The van der Waals surface area contributed by atoms with Crippen LogP contribution in [0.15, 0.2) is 60.7 Å². The summed E-state index contributed by atoms with van der Waals surface area (Å²) in [6.45, 7) is 1.89. The zero-order chi connectivity index (χ0) is 20.2. The van der Waals surface area contributed by atoms with E-state index in [1.165, 1.54) is 0 Å². The Kier molecular flexibility index (Phi) is 8.72. The number of nitrogens with one attached hydrogen (secondary N) is 1. The van der Waals surface area contributed by atoms with E-state index in [4.69, 9.17) is 9.47 Å². The van der Waals surface area contributed by atoms with E-state index < -0.39 is 24.0 Å². The van der Waals surface area contributed by atoms with E-state index in [9.17, 15) is 14.4 Å². The number of hydrogen-bond acceptors (Lipinski definition) is 5. The molecule has 2 aromatic carbocycles. The Balaban J connectivity index is 1.99. The molecule has 1 amide bonds. The maximum atomic E-state index is 12.3. The number of rotatable bonds is 10. The molecule has 0 heterocycles. The predicted octanol–water partition coefficient (Wildman–Crippen LogP) is 3.29. The number of amides is 1. The molecule has 0 aliphatic heterocycles. The molecule has 1 N–H and O–H groups in total. The number of ether oxygens (including phenoxy) is 2. The molecule has 0 aromatic heterocycles. The molecule has 0 saturated carbocycles. The van der Waals surface area contributed by atoms with Gasteiger partial charge in [0, 0.05) is 5.92 Å². The molecule has 0 unspecified atom stereocenters. The Morgan fingerprint density at radius 1 is 0.964 bits per heavy atom. The van der Waals surface area contributed by atoms with Gasteiger partial charge in [-0.1, -0.05) is 60.7 Å². The maximum absolute atomic E-state index is 12.3. The lowest BCUT2D eigenvalue weighted by Gasteiger charge is -2.22. The summed E-state index contributed by atoms with van der Waals surface area (Å²) < 4.78 is 10.2. The molecule has 0 radical (unpaired) electrons. The van der Waals surface area contributed by atoms with Crippen molar-refractivity contribution < 1.29 is 23.9 Å². The van der Waals surface area contributed by atoms with E-state index in [2.05, 4.69) is 5.32 Å². The van der Waals surface area contributed by atoms with Crippen molar-refractivity contribution in [1.29, 1.82) is 0 Å². The number of esters is 1. The third-order valence-electron chi connectivity index (χ3n) is 4.24. The van der Waals surface area contributed by atoms with Gasteiger partial charge < -0.3 is 19.6 Å². The molecule has 0 bridgehead atoms. The zero-order valence-electron chi connectivity index (χ0n) is 15.9. The topological polar surface area (TPSA) is 81.7 Å². The molecular formula is C22H25NO5. The maximum Gasteiger partial charge on any atom is 0.408 e. The second-order valence-electron chi connectivity index (χ2n) is 6.26. The monoisotopic (exact) mass is 383 g/mol. The summed E-state index contributed by atoms with van der Waals surface area (Å²) >= 11 is 0. The Bertz CT molecular complexity index is 748. The second kappa shape index (κ2) is 11.5. The van der Waals surface area contributed by atoms with E-state index in [1.54, 1.807) is 6.92 Å². The van der Waals surface area contributed by atoms with E-state index >= 15 is 0 Å². The first kappa shape index (κ1) is 21.2. The largest absolute Gasteiger partial charge is 0.464 e. The van der Waals surface area contributed by atoms with Crippen LogP contribution in [0, 0.1) is 5.92 Å². The smallest absolute Gasteiger partial charge is 0.408 e. The van der Waals surface area contributed by atoms with Gasteiger partial charge in [-0.2, -0.15) is 0 Å². The van der Waals surface area contributed by atoms with Crippen LogP contribution < -0.4 is 5.32 Å². The molecule has 28 heavy (non-hydrogen) atoms. The molecule has 0 spiro atoms. The van der Waals surface area contributed by atoms with Gasteiger partial charge in [0.05, 0.1) is 6.61 Å². The normalized spacial score (nSPS) is 12.5. The number of hydrogen-bond donors (Lipinski definition) is 1. The van der Waals surface area contributed by atoms with Crippen molar-refractivity contribution in [1.82, 2.24) is 5.32 Å². The van der Waals surface area contributed by atoms with Gasteiger partial charge in [-0.05, 0) is 30.9 Å². The van der Waals surface area contributed by atoms with Gasteiger partial charge in [0.25, 0.3) is 0 Å². The first-order chi connectivity index (χ1) is 13.6. The lowest BCUT2D eigenvalue weighted by atomic mass is 9.93. The third kappa shape index (κ3) is 6.87. The van der Waals surface area contributed by atoms with Crippen LogP contribution in [0.3, 0.4) is 0 Å². The highest BCUT2D eigenvalue weighted by Crippen LogP contribution is 2.14. The van der Waals surface area contributed by atoms with Crippen LogP contribution in [0.2, 0.25) is 0 Å². The van der Waals surface area contributed by atoms with Gasteiger partial charge in [0.2, 0.25) is 0 Å². The summed E-state index contributed by atoms with van der Waals surface area (Å²) in [7, 11) is 0. The standard InChI is InChI=1S/C22H25NO5/c1-2-27-21(25)20(19(15-24)14-13-17-9-5-3-6-10-17)23-22(26)28-16-18-11-7-4-8-12-18/h3-12,15,19-20H,2,13-14,16H2,1H3,(H,23,26)/t19-,20-/m0/s1. The Morgan fingerprint density at radius 3 is 2.14 bits per heavy atom. The number of alkyl carbamates (subject to hydrolysis) is 1. The lowest BCUT2D eigenvalue weighted by Crippen LogP contribution is -2.47. The number of aryl methyl sites for hydroxylation is 1. The van der Waals surface area contributed by atoms with Crippen LogP contribution in [0.4, 0.5) is 4.79 Å². The molecule has 0 fully saturated rings. The van der Waals surface area contributed by atoms with E-state index in [0.29, 0.717) is 19.1 Å². The highest BCUT2D eigenvalue weighted by atomic mass is 16.6. The van der Waals surface area contributed by atoms with E-state index in [-0.39, 0.29) is 13.2 Å². The van der Waals surface area contributed by atoms with E-state index in [0.717, 1.165) is 11.1 Å². The van der Waals surface area contributed by atoms with Crippen molar-refractivity contribution in [3.05, 3.63) is 71.8 Å². The van der Waals surface area contributed by atoms with E-state index in [1.807, 2.05) is 60.7 Å². The first-order valence-electron chi connectivity index (χ1n) is 9.27. The van der Waals surface area contributed by atoms with Gasteiger partial charge in [0.15, 0.2) is 0 Å². The number of benzene rings is 2. The van der Waals surface area contributed by atoms with Crippen LogP contribution in [0.25, 0.3) is 0 Å². The van der Waals surface area contributed by atoms with Crippen LogP contribution >= 0.6 is 0 Å². The van der Waals surface area contributed by atoms with Crippen molar-refractivity contribution in [3.63, 3.8) is 0 Å². The van der Waals surface area contributed by atoms with Crippen LogP contribution in [-0.4, -0.2) is 31.0 Å². The molecule has 2 rings (SSSR count). The quantitative estimate of drug-likeness (QED) is 0.503. The third-order valence-corrected chi connectivity index (χ3v) is 4.24. The van der Waals surface area contributed by atoms with Crippen LogP contribution in [0.1, 0.15) is 24.5 Å². The van der Waals surface area contributed by atoms with Crippen LogP contribution in [-0.2, 0) is 32.1 Å². The highest BCUT2D eigenvalue weighted by molar-refractivity contribution is 5.84. The van der Waals surface area contributed by atoms with Crippen molar-refractivity contribution in [2.24, 2.45) is 5.92 Å². The fourth-order valence-corrected chi connectivity index (χ4v) is 2.76. The minimum atomic E-state index is -1.09. The Labute approximate surface area is 164 Å². The molecule has 6 heteroatoms. The van der Waals surface area contributed by atoms with Crippen molar-refractivity contribution in [2.75, 3.05) is 6.61 Å². The minimum Gasteiger partial charge on any atom is -0.464 e. The fraction of sp³-hybridized carbons (Fsp3) is 0.318. The van der Waals surface area contributed by atoms with Crippen molar-refractivity contribution in [3.8, 4) is 0 Å². The molecule has 2 atom stereocenters. The number of carbonyl (C=O) groups is 3. The second-order valence-corrected chi connectivity index (χ2v) is 6.26. The van der Waals surface area contributed by atoms with Gasteiger partial charge in [0.1, 0.15) is 18.9 Å². The Hall–Kier alpha value is -3.15. The summed E-state index contributed by atoms with van der Waals surface area (Å²) in [5, 5.41) is 2.49. The molecule has 2 aromatic rings. The average Bonchev–Trinajstić information content (AvgIpc) is 2.73. The predicted molar refractivity (Wildman–Crippen MR) is 105 cm³/mol. The zero-order valence-corrected chi connectivity index (χ0v) is 15.9. The van der Waals surface area contributed by atoms with Gasteiger partial charge in [-0.25, -0.2) is 9.59 Å². The van der Waals surface area contributed by atoms with Gasteiger partial charge in [-0.3, -0.25) is 0 Å². The SMILES string of the molecule is CCOC(=O)[C@@H](NC(=O)OCc1ccccc1)[C@H](C=O)CCc1ccccc1. The average molecular weight is 383 g/mol. The molecule has 148 valence electrons. The highest BCUT2D eigenvalue weighted by Gasteiger charge is 2.31. The first-order valence-corrected chi connectivity index (χ1v) is 9.27. The fourth-order valence-electron chi connectivity index (χ4n) is 2.76. The van der Waals surface area contributed by atoms with Gasteiger partial charge in [-0.15, -0.1) is 0 Å². The van der Waals surface area contributed by atoms with Gasteiger partial charge >= 0.3 is 12.1 Å². The molecule has 0 saturated heterocycles. The lowest BCUT2D eigenvalue weighted by molar-refractivity contribution is -0.148. The van der Waals surface area contributed by atoms with Crippen molar-refractivity contribution in [2.45, 2.75) is 32.4 Å². The number of aldehydes is 1. The molecule has 0 aliphatic rings. The summed E-state index contributed by atoms with van der Waals surface area (Å²) in [6.07, 6.45) is 0.909. The summed E-state index contributed by atoms with van der Waals surface area (Å²) in [4.78, 5) is 36.1. The molecule has 0 aliphatic carbocycles. The molecule has 6 nitrogen and oxygen atoms in total. The summed E-state index contributed by atoms with van der Waals surface area (Å²) in [6, 6.07) is 17.7. The summed E-state index contributed by atoms with van der Waals surface area (Å²) in [5.74, 6) is -1.37. The minimum absolute atomic E-state index is 0.0675. The Morgan fingerprint density at radius 2 is 1.57 bits per heavy atom. The van der Waals surface area contributed by atoms with Crippen molar-refractivity contribution >= 4 is 18.3 Å². The summed E-state index contributed by atoms with van der Waals surface area (Å²) in [5.41, 5.74) is 1.87.